The molecule has 2 fully saturated rings. The maximum atomic E-state index is 12.8. The largest absolute Gasteiger partial charge is 0.417 e. The molecule has 3 atom stereocenters. The molecule has 1 N–H and O–H groups in total. The lowest BCUT2D eigenvalue weighted by Gasteiger charge is -2.23. The smallest absolute Gasteiger partial charge is 0.346 e. The van der Waals surface area contributed by atoms with Gasteiger partial charge in [0.2, 0.25) is 0 Å². The third kappa shape index (κ3) is 2.85. The summed E-state index contributed by atoms with van der Waals surface area (Å²) in [6, 6.07) is 0.684. The molecule has 2 aliphatic heterocycles. The van der Waals surface area contributed by atoms with Gasteiger partial charge in [0.15, 0.2) is 0 Å². The van der Waals surface area contributed by atoms with Crippen molar-refractivity contribution in [3.8, 4) is 0 Å². The van der Waals surface area contributed by atoms with E-state index in [0.717, 1.165) is 32.3 Å². The highest BCUT2D eigenvalue weighted by Crippen LogP contribution is 2.34. The summed E-state index contributed by atoms with van der Waals surface area (Å²) in [5, 5.41) is 2.26. The fraction of sp³-hybridized carbons (Fsp3) is 0.538. The summed E-state index contributed by atoms with van der Waals surface area (Å²) in [5.41, 5.74) is -1.30. The molecule has 1 amide bonds. The van der Waals surface area contributed by atoms with Crippen LogP contribution in [0.4, 0.5) is 13.2 Å². The number of carbonyl (C=O) groups is 1. The zero-order valence-electron chi connectivity index (χ0n) is 11.0. The first-order valence-corrected chi connectivity index (χ1v) is 6.98. The molecule has 1 aromatic rings. The van der Waals surface area contributed by atoms with Gasteiger partial charge in [0.25, 0.3) is 5.91 Å². The van der Waals surface area contributed by atoms with Gasteiger partial charge in [0.05, 0.1) is 10.6 Å². The minimum Gasteiger partial charge on any atom is -0.346 e. The molecule has 0 aliphatic carbocycles. The van der Waals surface area contributed by atoms with E-state index in [1.807, 2.05) is 0 Å². The van der Waals surface area contributed by atoms with Crippen LogP contribution in [0, 0.1) is 5.92 Å². The number of nitrogens with zero attached hydrogens (tertiary/aromatic N) is 2. The van der Waals surface area contributed by atoms with Gasteiger partial charge in [-0.3, -0.25) is 4.79 Å². The summed E-state index contributed by atoms with van der Waals surface area (Å²) in [5.74, 6) is -0.209. The van der Waals surface area contributed by atoms with Crippen LogP contribution in [0.25, 0.3) is 0 Å². The molecule has 2 bridgehead atoms. The number of fused-ring (bicyclic) bond motifs is 2. The van der Waals surface area contributed by atoms with Crippen molar-refractivity contribution in [3.63, 3.8) is 0 Å². The fourth-order valence-electron chi connectivity index (χ4n) is 2.97. The van der Waals surface area contributed by atoms with Crippen LogP contribution in [0.2, 0.25) is 5.02 Å². The Morgan fingerprint density at radius 3 is 2.76 bits per heavy atom. The fourth-order valence-corrected chi connectivity index (χ4v) is 3.18. The van der Waals surface area contributed by atoms with Gasteiger partial charge >= 0.3 is 6.18 Å². The molecule has 0 radical (unpaired) electrons. The summed E-state index contributed by atoms with van der Waals surface area (Å²) in [7, 11) is 0. The van der Waals surface area contributed by atoms with E-state index in [-0.39, 0.29) is 11.7 Å². The van der Waals surface area contributed by atoms with Gasteiger partial charge in [-0.1, -0.05) is 11.6 Å². The average Bonchev–Trinajstić information content (AvgIpc) is 3.00. The number of alkyl halides is 3. The Morgan fingerprint density at radius 2 is 2.19 bits per heavy atom. The van der Waals surface area contributed by atoms with Crippen LogP contribution in [-0.4, -0.2) is 41.5 Å². The summed E-state index contributed by atoms with van der Waals surface area (Å²) in [4.78, 5) is 18.0. The Hall–Kier alpha value is -1.34. The van der Waals surface area contributed by atoms with Crippen LogP contribution < -0.4 is 5.32 Å². The number of halogens is 4. The Labute approximate surface area is 124 Å². The molecule has 0 aromatic carbocycles. The van der Waals surface area contributed by atoms with E-state index in [4.69, 9.17) is 11.6 Å². The molecular formula is C13H13ClF3N3O. The standard InChI is InChI=1S/C13H13ClF3N3O/c14-9-4-18-10(3-8(9)13(15,16)17)12(21)19-11-6-20-2-1-7(11)5-20/h3-4,7,11H,1-2,5-6H2,(H,19,21)/t7-,11?/m0/s1. The van der Waals surface area contributed by atoms with Gasteiger partial charge in [-0.25, -0.2) is 4.98 Å². The Bertz CT molecular complexity index is 578. The van der Waals surface area contributed by atoms with Crippen molar-refractivity contribution in [2.45, 2.75) is 18.6 Å². The zero-order valence-corrected chi connectivity index (χ0v) is 11.7. The lowest BCUT2D eigenvalue weighted by molar-refractivity contribution is -0.137. The molecule has 0 spiro atoms. The van der Waals surface area contributed by atoms with E-state index < -0.39 is 22.7 Å². The summed E-state index contributed by atoms with van der Waals surface area (Å²) in [6.45, 7) is 2.71. The van der Waals surface area contributed by atoms with Gasteiger partial charge in [0.1, 0.15) is 5.69 Å². The minimum atomic E-state index is -4.60. The van der Waals surface area contributed by atoms with Gasteiger partial charge in [-0.2, -0.15) is 13.2 Å². The molecule has 21 heavy (non-hydrogen) atoms. The molecule has 1 aromatic heterocycles. The quantitative estimate of drug-likeness (QED) is 0.909. The Morgan fingerprint density at radius 1 is 1.43 bits per heavy atom. The molecular weight excluding hydrogens is 307 g/mol. The minimum absolute atomic E-state index is 0.0157. The van der Waals surface area contributed by atoms with Gasteiger partial charge in [-0.15, -0.1) is 0 Å². The summed E-state index contributed by atoms with van der Waals surface area (Å²) >= 11 is 5.49. The number of aromatic nitrogens is 1. The monoisotopic (exact) mass is 319 g/mol. The van der Waals surface area contributed by atoms with Crippen LogP contribution in [0.3, 0.4) is 0 Å². The Balaban J connectivity index is 1.76. The molecule has 2 saturated heterocycles. The van der Waals surface area contributed by atoms with Crippen molar-refractivity contribution in [1.82, 2.24) is 15.2 Å². The third-order valence-electron chi connectivity index (χ3n) is 4.04. The van der Waals surface area contributed by atoms with Crippen molar-refractivity contribution in [1.29, 1.82) is 0 Å². The first kappa shape index (κ1) is 14.6. The molecule has 2 unspecified atom stereocenters. The van der Waals surface area contributed by atoms with Crippen molar-refractivity contribution in [2.75, 3.05) is 19.6 Å². The highest BCUT2D eigenvalue weighted by atomic mass is 35.5. The lowest BCUT2D eigenvalue weighted by Crippen LogP contribution is -2.43. The van der Waals surface area contributed by atoms with Gasteiger partial charge in [0, 0.05) is 25.3 Å². The van der Waals surface area contributed by atoms with Crippen LogP contribution in [0.5, 0.6) is 0 Å². The maximum Gasteiger partial charge on any atom is 0.417 e. The number of hydrogen-bond acceptors (Lipinski definition) is 3. The van der Waals surface area contributed by atoms with Crippen LogP contribution in [0.1, 0.15) is 22.5 Å². The third-order valence-corrected chi connectivity index (χ3v) is 4.34. The van der Waals surface area contributed by atoms with Gasteiger partial charge in [-0.05, 0) is 24.9 Å². The van der Waals surface area contributed by atoms with Crippen LogP contribution >= 0.6 is 11.6 Å². The number of carbonyl (C=O) groups excluding carboxylic acids is 1. The average molecular weight is 320 g/mol. The van der Waals surface area contributed by atoms with Crippen molar-refractivity contribution in [3.05, 3.63) is 28.5 Å². The molecule has 3 rings (SSSR count). The van der Waals surface area contributed by atoms with E-state index >= 15 is 0 Å². The Kier molecular flexibility index (Phi) is 3.57. The number of rotatable bonds is 2. The van der Waals surface area contributed by atoms with E-state index in [1.54, 1.807) is 0 Å². The van der Waals surface area contributed by atoms with Crippen LogP contribution in [0.15, 0.2) is 12.3 Å². The SMILES string of the molecule is O=C(NC1CN2CC[C@H]1C2)c1cc(C(F)(F)F)c(Cl)cn1. The van der Waals surface area contributed by atoms with E-state index in [1.165, 1.54) is 0 Å². The second kappa shape index (κ2) is 5.14. The second-order valence-corrected chi connectivity index (χ2v) is 5.84. The van der Waals surface area contributed by atoms with Gasteiger partial charge < -0.3 is 10.2 Å². The van der Waals surface area contributed by atoms with Crippen molar-refractivity contribution >= 4 is 17.5 Å². The van der Waals surface area contributed by atoms with Crippen LogP contribution in [-0.2, 0) is 6.18 Å². The lowest BCUT2D eigenvalue weighted by atomic mass is 10.00. The highest BCUT2D eigenvalue weighted by Gasteiger charge is 2.39. The van der Waals surface area contributed by atoms with E-state index in [0.29, 0.717) is 12.0 Å². The predicted molar refractivity (Wildman–Crippen MR) is 70.1 cm³/mol. The van der Waals surface area contributed by atoms with E-state index in [2.05, 4.69) is 15.2 Å². The first-order chi connectivity index (χ1) is 9.84. The summed E-state index contributed by atoms with van der Waals surface area (Å²) < 4.78 is 38.3. The number of piperidine rings is 1. The summed E-state index contributed by atoms with van der Waals surface area (Å²) in [6.07, 6.45) is -2.73. The molecule has 114 valence electrons. The molecule has 4 nitrogen and oxygen atoms in total. The number of amides is 1. The number of hydrogen-bond donors (Lipinski definition) is 1. The van der Waals surface area contributed by atoms with E-state index in [9.17, 15) is 18.0 Å². The first-order valence-electron chi connectivity index (χ1n) is 6.60. The highest BCUT2D eigenvalue weighted by molar-refractivity contribution is 6.31. The molecule has 3 heterocycles. The molecule has 8 heteroatoms. The second-order valence-electron chi connectivity index (χ2n) is 5.44. The normalized spacial score (nSPS) is 27.9. The maximum absolute atomic E-state index is 12.8. The molecule has 0 saturated carbocycles. The number of pyridine rings is 1. The number of nitrogens with one attached hydrogen (secondary N) is 1. The van der Waals surface area contributed by atoms with Crippen molar-refractivity contribution in [2.24, 2.45) is 5.92 Å². The topological polar surface area (TPSA) is 45.2 Å². The predicted octanol–water partition coefficient (Wildman–Crippen LogP) is 2.19. The zero-order chi connectivity index (χ0) is 15.2. The molecule has 2 aliphatic rings. The van der Waals surface area contributed by atoms with Crippen molar-refractivity contribution < 1.29 is 18.0 Å².